The van der Waals surface area contributed by atoms with Crippen molar-refractivity contribution in [3.8, 4) is 0 Å². The van der Waals surface area contributed by atoms with Gasteiger partial charge in [-0.2, -0.15) is 0 Å². The number of aryl methyl sites for hydroxylation is 1. The lowest BCUT2D eigenvalue weighted by atomic mass is 10.3. The highest BCUT2D eigenvalue weighted by atomic mass is 16.5. The zero-order valence-corrected chi connectivity index (χ0v) is 12.2. The molecule has 0 fully saturated rings. The number of hydrogen-bond donors (Lipinski definition) is 3. The molecule has 1 rings (SSSR count). The molecule has 0 saturated carbocycles. The minimum Gasteiger partial charge on any atom is -0.360 e. The third kappa shape index (κ3) is 6.35. The fraction of sp³-hybridized carbons (Fsp3) is 0.692. The van der Waals surface area contributed by atoms with Crippen LogP contribution in [0.3, 0.4) is 0 Å². The van der Waals surface area contributed by atoms with Crippen LogP contribution in [0.5, 0.6) is 0 Å². The van der Waals surface area contributed by atoms with Crippen LogP contribution in [0, 0.1) is 6.92 Å². The van der Waals surface area contributed by atoms with E-state index in [1.165, 1.54) is 19.6 Å². The average Bonchev–Trinajstić information content (AvgIpc) is 2.79. The lowest BCUT2D eigenvalue weighted by Gasteiger charge is -2.14. The molecule has 0 atom stereocenters. The number of rotatable bonds is 9. The fourth-order valence-electron chi connectivity index (χ4n) is 1.95. The van der Waals surface area contributed by atoms with Crippen molar-refractivity contribution in [3.05, 3.63) is 11.8 Å². The van der Waals surface area contributed by atoms with E-state index in [-0.39, 0.29) is 5.91 Å². The van der Waals surface area contributed by atoms with Gasteiger partial charge in [0.2, 0.25) is 0 Å². The van der Waals surface area contributed by atoms with Gasteiger partial charge in [0.05, 0.1) is 26.2 Å². The first kappa shape index (κ1) is 15.7. The molecule has 0 aliphatic carbocycles. The number of anilines is 1. The Morgan fingerprint density at radius 2 is 2.21 bits per heavy atom. The monoisotopic (exact) mass is 270 g/mol. The summed E-state index contributed by atoms with van der Waals surface area (Å²) < 4.78 is 4.88. The summed E-state index contributed by atoms with van der Waals surface area (Å²) in [5, 5.41) is 8.46. The Balaban J connectivity index is 2.07. The van der Waals surface area contributed by atoms with E-state index in [1.807, 2.05) is 5.32 Å². The fourth-order valence-corrected chi connectivity index (χ4v) is 1.95. The van der Waals surface area contributed by atoms with Gasteiger partial charge in [-0.1, -0.05) is 5.16 Å². The van der Waals surface area contributed by atoms with E-state index in [4.69, 9.17) is 4.52 Å². The number of carbonyl (C=O) groups excluding carboxylic acids is 1. The van der Waals surface area contributed by atoms with Crippen molar-refractivity contribution < 1.29 is 19.5 Å². The maximum Gasteiger partial charge on any atom is 0.280 e. The second-order valence-electron chi connectivity index (χ2n) is 4.71. The van der Waals surface area contributed by atoms with Crippen LogP contribution in [0.4, 0.5) is 5.82 Å². The van der Waals surface area contributed by atoms with Crippen LogP contribution >= 0.6 is 0 Å². The van der Waals surface area contributed by atoms with Crippen LogP contribution in [0.1, 0.15) is 26.0 Å². The molecule has 0 saturated heterocycles. The molecule has 108 valence electrons. The summed E-state index contributed by atoms with van der Waals surface area (Å²) in [4.78, 5) is 13.2. The van der Waals surface area contributed by atoms with Crippen LogP contribution < -0.4 is 15.5 Å². The van der Waals surface area contributed by atoms with E-state index in [9.17, 15) is 4.79 Å². The Morgan fingerprint density at radius 3 is 2.79 bits per heavy atom. The molecule has 6 nitrogen and oxygen atoms in total. The maximum absolute atomic E-state index is 11.6. The summed E-state index contributed by atoms with van der Waals surface area (Å²) >= 11 is 0. The summed E-state index contributed by atoms with van der Waals surface area (Å²) in [7, 11) is 0. The lowest BCUT2D eigenvalue weighted by molar-refractivity contribution is -0.898. The Labute approximate surface area is 114 Å². The van der Waals surface area contributed by atoms with Gasteiger partial charge in [-0.05, 0) is 20.8 Å². The summed E-state index contributed by atoms with van der Waals surface area (Å²) in [6.07, 6.45) is 1.13. The average molecular weight is 270 g/mol. The van der Waals surface area contributed by atoms with E-state index in [2.05, 4.69) is 24.3 Å². The van der Waals surface area contributed by atoms with Gasteiger partial charge in [-0.3, -0.25) is 4.79 Å². The van der Waals surface area contributed by atoms with Crippen LogP contribution in [-0.2, 0) is 4.79 Å². The lowest BCUT2D eigenvalue weighted by Crippen LogP contribution is -3.11. The highest BCUT2D eigenvalue weighted by molar-refractivity contribution is 5.90. The summed E-state index contributed by atoms with van der Waals surface area (Å²) in [5.41, 5.74) is 0. The Bertz CT molecular complexity index is 374. The van der Waals surface area contributed by atoms with Crippen molar-refractivity contribution in [1.29, 1.82) is 0 Å². The van der Waals surface area contributed by atoms with E-state index in [0.29, 0.717) is 18.1 Å². The van der Waals surface area contributed by atoms with Crippen LogP contribution in [-0.4, -0.2) is 43.8 Å². The van der Waals surface area contributed by atoms with Crippen molar-refractivity contribution in [3.63, 3.8) is 0 Å². The maximum atomic E-state index is 11.6. The molecule has 1 aromatic rings. The molecule has 6 heteroatoms. The van der Waals surface area contributed by atoms with Gasteiger partial charge in [0.1, 0.15) is 5.76 Å². The highest BCUT2D eigenvalue weighted by Gasteiger charge is 2.08. The Hall–Kier alpha value is -1.40. The van der Waals surface area contributed by atoms with Gasteiger partial charge in [0.15, 0.2) is 12.4 Å². The molecule has 0 radical (unpaired) electrons. The number of quaternary nitrogens is 2. The van der Waals surface area contributed by atoms with Crippen molar-refractivity contribution in [2.24, 2.45) is 0 Å². The zero-order valence-electron chi connectivity index (χ0n) is 12.2. The van der Waals surface area contributed by atoms with Gasteiger partial charge in [0.25, 0.3) is 5.91 Å². The van der Waals surface area contributed by atoms with E-state index in [1.54, 1.807) is 17.9 Å². The molecule has 0 unspecified atom stereocenters. The highest BCUT2D eigenvalue weighted by Crippen LogP contribution is 2.05. The topological polar surface area (TPSA) is 76.2 Å². The van der Waals surface area contributed by atoms with Gasteiger partial charge in [-0.25, -0.2) is 0 Å². The first-order valence-corrected chi connectivity index (χ1v) is 7.04. The first-order valence-electron chi connectivity index (χ1n) is 7.04. The minimum atomic E-state index is -0.0384. The molecule has 4 N–H and O–H groups in total. The van der Waals surface area contributed by atoms with Crippen LogP contribution in [0.25, 0.3) is 0 Å². The number of aromatic nitrogens is 1. The molecule has 1 heterocycles. The second-order valence-corrected chi connectivity index (χ2v) is 4.71. The van der Waals surface area contributed by atoms with Crippen molar-refractivity contribution in [2.75, 3.05) is 38.0 Å². The molecular weight excluding hydrogens is 244 g/mol. The zero-order chi connectivity index (χ0) is 14.1. The van der Waals surface area contributed by atoms with E-state index >= 15 is 0 Å². The Kier molecular flexibility index (Phi) is 7.14. The standard InChI is InChI=1S/C13H24N4O2/c1-4-17(5-2)8-6-7-14-10-13(18)15-12-9-11(3)19-16-12/h9,14H,4-8,10H2,1-3H3,(H,15,16,18)/p+2. The smallest absolute Gasteiger partial charge is 0.280 e. The summed E-state index contributed by atoms with van der Waals surface area (Å²) in [6.45, 7) is 11.1. The third-order valence-electron chi connectivity index (χ3n) is 3.16. The largest absolute Gasteiger partial charge is 0.360 e. The van der Waals surface area contributed by atoms with E-state index < -0.39 is 0 Å². The van der Waals surface area contributed by atoms with E-state index in [0.717, 1.165) is 13.0 Å². The SMILES string of the molecule is CC[NH+](CC)CCC[NH2+]CC(=O)Nc1cc(C)on1. The van der Waals surface area contributed by atoms with Gasteiger partial charge >= 0.3 is 0 Å². The van der Waals surface area contributed by atoms with Gasteiger partial charge in [-0.15, -0.1) is 0 Å². The molecule has 0 aromatic carbocycles. The van der Waals surface area contributed by atoms with Crippen molar-refractivity contribution in [1.82, 2.24) is 5.16 Å². The number of carbonyl (C=O) groups is 1. The molecule has 1 amide bonds. The van der Waals surface area contributed by atoms with Crippen LogP contribution in [0.2, 0.25) is 0 Å². The number of nitrogens with zero attached hydrogens (tertiary/aromatic N) is 1. The molecule has 0 spiro atoms. The molecule has 19 heavy (non-hydrogen) atoms. The Morgan fingerprint density at radius 1 is 1.47 bits per heavy atom. The second kappa shape index (κ2) is 8.66. The predicted molar refractivity (Wildman–Crippen MR) is 73.1 cm³/mol. The van der Waals surface area contributed by atoms with Crippen LogP contribution in [0.15, 0.2) is 10.6 Å². The summed E-state index contributed by atoms with van der Waals surface area (Å²) in [6, 6.07) is 1.71. The van der Waals surface area contributed by atoms with Gasteiger partial charge < -0.3 is 20.1 Å². The molecule has 0 aliphatic rings. The third-order valence-corrected chi connectivity index (χ3v) is 3.16. The first-order chi connectivity index (χ1) is 9.15. The minimum absolute atomic E-state index is 0.0384. The normalized spacial score (nSPS) is 10.9. The molecule has 0 aliphatic heterocycles. The van der Waals surface area contributed by atoms with Crippen molar-refractivity contribution >= 4 is 11.7 Å². The quantitative estimate of drug-likeness (QED) is 0.493. The molecule has 1 aromatic heterocycles. The van der Waals surface area contributed by atoms with Gasteiger partial charge in [0, 0.05) is 12.5 Å². The van der Waals surface area contributed by atoms with Crippen molar-refractivity contribution in [2.45, 2.75) is 27.2 Å². The molecular formula is C13H26N4O2+2. The summed E-state index contributed by atoms with van der Waals surface area (Å²) in [5.74, 6) is 1.15. The molecule has 0 bridgehead atoms. The number of nitrogens with one attached hydrogen (secondary N) is 2. The predicted octanol–water partition coefficient (Wildman–Crippen LogP) is -1.20. The number of amides is 1. The number of nitrogens with two attached hydrogens (primary N) is 1. The number of hydrogen-bond acceptors (Lipinski definition) is 3.